The van der Waals surface area contributed by atoms with Crippen LogP contribution in [0.1, 0.15) is 112 Å². The Morgan fingerprint density at radius 3 is 1.82 bits per heavy atom. The number of carboxylic acid groups (broad SMARTS) is 1. The highest BCUT2D eigenvalue weighted by atomic mass is 16.8. The minimum atomic E-state index is -2.18. The fourth-order valence-corrected chi connectivity index (χ4v) is 19.4. The van der Waals surface area contributed by atoms with Gasteiger partial charge >= 0.3 is 23.9 Å². The Morgan fingerprint density at radius 2 is 1.18 bits per heavy atom. The summed E-state index contributed by atoms with van der Waals surface area (Å²) >= 11 is 0. The van der Waals surface area contributed by atoms with E-state index in [1.165, 1.54) is 34.0 Å². The number of allylic oxidation sites excluding steroid dienone is 1. The third kappa shape index (κ3) is 14.1. The molecule has 33 heteroatoms. The third-order valence-corrected chi connectivity index (χ3v) is 25.1. The van der Waals surface area contributed by atoms with Gasteiger partial charge in [-0.1, -0.05) is 51.5 Å². The lowest BCUT2D eigenvalue weighted by Crippen LogP contribution is -2.71. The number of rotatable bonds is 19. The summed E-state index contributed by atoms with van der Waals surface area (Å²) in [6.07, 6.45) is -43.6. The Kier molecular flexibility index (Phi) is 23.7. The van der Waals surface area contributed by atoms with Crippen molar-refractivity contribution in [1.29, 1.82) is 0 Å². The van der Waals surface area contributed by atoms with Crippen LogP contribution in [-0.2, 0) is 76.0 Å². The number of carbonyl (C=O) groups is 4. The van der Waals surface area contributed by atoms with E-state index >= 15 is 4.79 Å². The highest BCUT2D eigenvalue weighted by molar-refractivity contribution is 5.87. The quantitative estimate of drug-likeness (QED) is 0.0220. The van der Waals surface area contributed by atoms with Crippen LogP contribution in [0.4, 0.5) is 0 Å². The van der Waals surface area contributed by atoms with Crippen molar-refractivity contribution in [3.8, 4) is 5.75 Å². The van der Waals surface area contributed by atoms with Crippen LogP contribution in [0.5, 0.6) is 5.75 Å². The molecule has 35 atom stereocenters. The molecule has 4 saturated carbocycles. The number of aliphatic hydroxyl groups excluding tert-OH is 15. The lowest BCUT2D eigenvalue weighted by Gasteiger charge is -2.71. The molecular formula is C71H104O33. The molecule has 5 aliphatic carbocycles. The van der Waals surface area contributed by atoms with Gasteiger partial charge in [-0.25, -0.2) is 4.79 Å². The summed E-state index contributed by atoms with van der Waals surface area (Å²) in [5, 5.41) is 181. The van der Waals surface area contributed by atoms with Crippen LogP contribution < -0.4 is 4.74 Å². The number of hydrogen-bond donors (Lipinski definition) is 16. The predicted octanol–water partition coefficient (Wildman–Crippen LogP) is -2.69. The maximum Gasteiger partial charge on any atom is 0.331 e. The molecule has 11 rings (SSSR count). The molecule has 0 bridgehead atoms. The molecule has 1 aromatic carbocycles. The van der Waals surface area contributed by atoms with Gasteiger partial charge in [0.2, 0.25) is 6.29 Å². The third-order valence-electron chi connectivity index (χ3n) is 25.1. The van der Waals surface area contributed by atoms with Crippen LogP contribution in [0.2, 0.25) is 0 Å². The van der Waals surface area contributed by atoms with Gasteiger partial charge in [-0.3, -0.25) is 14.4 Å². The fraction of sp³-hybridized carbons (Fsp3) is 0.803. The zero-order chi connectivity index (χ0) is 76.0. The largest absolute Gasteiger partial charge is 0.497 e. The van der Waals surface area contributed by atoms with Gasteiger partial charge in [0.15, 0.2) is 37.4 Å². The Morgan fingerprint density at radius 1 is 0.596 bits per heavy atom. The maximum absolute atomic E-state index is 16.4. The summed E-state index contributed by atoms with van der Waals surface area (Å²) in [5.74, 6) is -6.01. The van der Waals surface area contributed by atoms with Crippen LogP contribution >= 0.6 is 0 Å². The van der Waals surface area contributed by atoms with Crippen LogP contribution in [0.25, 0.3) is 6.08 Å². The smallest absolute Gasteiger partial charge is 0.331 e. The molecule has 9 fully saturated rings. The number of fused-ring (bicyclic) bond motifs is 7. The van der Waals surface area contributed by atoms with Crippen LogP contribution in [-0.4, -0.2) is 305 Å². The molecule has 5 heterocycles. The van der Waals surface area contributed by atoms with Gasteiger partial charge < -0.3 is 143 Å². The summed E-state index contributed by atoms with van der Waals surface area (Å²) in [6, 6.07) is 6.55. The SMILES string of the molecule is COc1ccc(C=CC(=O)OC2C(C)OC(OC(=O)C34CCC5(CO)C(=CCC6C7(C)CC(O)C(OC8OC(CO)C(O)C(O)C8O)C(C)(C(=O)O)C7CCC65C)C3CC(C)(C)CC4O)C(OC3OC(C)C(OC4OCC(O)C(O)C4O)C(O)C3O)C2OC2OC(COC(C)=O)C(O)C(O)C2O)cc1. The first kappa shape index (κ1) is 80.4. The molecule has 10 aliphatic rings. The number of carboxylic acids is 1. The highest BCUT2D eigenvalue weighted by Crippen LogP contribution is 2.76. The first-order valence-electron chi connectivity index (χ1n) is 35.6. The number of methoxy groups -OCH3 is 1. The number of aliphatic carboxylic acids is 1. The average molecular weight is 1490 g/mol. The van der Waals surface area contributed by atoms with E-state index in [1.54, 1.807) is 24.3 Å². The molecule has 0 aromatic heterocycles. The van der Waals surface area contributed by atoms with Crippen molar-refractivity contribution in [2.24, 2.45) is 50.2 Å². The second-order valence-electron chi connectivity index (χ2n) is 31.7. The van der Waals surface area contributed by atoms with E-state index in [2.05, 4.69) is 0 Å². The molecule has 0 radical (unpaired) electrons. The molecule has 586 valence electrons. The number of carbonyl (C=O) groups excluding carboxylic acids is 3. The van der Waals surface area contributed by atoms with Gasteiger partial charge in [-0.15, -0.1) is 0 Å². The van der Waals surface area contributed by atoms with Crippen LogP contribution in [0.15, 0.2) is 42.0 Å². The van der Waals surface area contributed by atoms with E-state index in [-0.39, 0.29) is 51.4 Å². The van der Waals surface area contributed by atoms with Crippen LogP contribution in [0, 0.1) is 50.2 Å². The average Bonchev–Trinajstić information content (AvgIpc) is 0.667. The second kappa shape index (κ2) is 30.7. The molecule has 16 N–H and O–H groups in total. The molecule has 5 saturated heterocycles. The zero-order valence-electron chi connectivity index (χ0n) is 59.4. The summed E-state index contributed by atoms with van der Waals surface area (Å²) in [6.45, 7) is 10.5. The standard InChI is InChI=1S/C71H104O33/c1-29-54(100-59-50(85)44(79)37(76)26-94-59)49(84)53(88)60(95-29)102-57-56(101-61-51(86)48(83)46(81)39(98-61)27-93-31(3)74)55(99-43(78)17-12-32-10-13-33(92-9)14-11-32)30(2)96-63(57)104-65(91)71-21-20-70(28-73)34(35(71)22-66(4,5)24-42(71)77)15-16-40-67(6)23-36(75)58(69(8,64(89)90)41(67)18-19-68(40,70)7)103-62-52(87)47(82)45(80)38(25-72)97-62/h10-15,17,29-30,35-42,44-63,72-73,75-77,79-88H,16,18-28H2,1-9H3,(H,89,90). The van der Waals surface area contributed by atoms with Crippen molar-refractivity contribution in [3.63, 3.8) is 0 Å². The van der Waals surface area contributed by atoms with Crippen molar-refractivity contribution in [2.45, 2.75) is 272 Å². The molecule has 104 heavy (non-hydrogen) atoms. The summed E-state index contributed by atoms with van der Waals surface area (Å²) in [5.41, 5.74) is -6.65. The molecule has 0 amide bonds. The van der Waals surface area contributed by atoms with Gasteiger partial charge in [0.25, 0.3) is 0 Å². The molecule has 5 aliphatic heterocycles. The van der Waals surface area contributed by atoms with E-state index in [0.717, 1.165) is 13.0 Å². The maximum atomic E-state index is 16.4. The van der Waals surface area contributed by atoms with Gasteiger partial charge in [0.1, 0.15) is 115 Å². The van der Waals surface area contributed by atoms with Crippen molar-refractivity contribution in [2.75, 3.05) is 33.5 Å². The molecule has 33 nitrogen and oxygen atoms in total. The summed E-state index contributed by atoms with van der Waals surface area (Å²) in [7, 11) is 1.47. The van der Waals surface area contributed by atoms with E-state index in [0.29, 0.717) is 16.9 Å². The van der Waals surface area contributed by atoms with Crippen molar-refractivity contribution < 1.29 is 162 Å². The van der Waals surface area contributed by atoms with E-state index < -0.39 is 266 Å². The van der Waals surface area contributed by atoms with Crippen molar-refractivity contribution in [3.05, 3.63) is 47.6 Å². The van der Waals surface area contributed by atoms with E-state index in [9.17, 15) is 96.1 Å². The fourth-order valence-electron chi connectivity index (χ4n) is 19.4. The van der Waals surface area contributed by atoms with Crippen LogP contribution in [0.3, 0.4) is 0 Å². The van der Waals surface area contributed by atoms with Crippen molar-refractivity contribution >= 4 is 30.0 Å². The van der Waals surface area contributed by atoms with E-state index in [1.807, 2.05) is 33.8 Å². The molecule has 0 spiro atoms. The first-order chi connectivity index (χ1) is 48.9. The molecule has 1 aromatic rings. The Labute approximate surface area is 600 Å². The van der Waals surface area contributed by atoms with Crippen molar-refractivity contribution in [1.82, 2.24) is 0 Å². The Bertz CT molecular complexity index is 3260. The lowest BCUT2D eigenvalue weighted by molar-refractivity contribution is -0.391. The minimum absolute atomic E-state index is 0.00656. The Hall–Kier alpha value is -4.58. The summed E-state index contributed by atoms with van der Waals surface area (Å²) in [4.78, 5) is 56.7. The number of ether oxygens (including phenoxy) is 13. The number of esters is 3. The van der Waals surface area contributed by atoms with E-state index in [4.69, 9.17) is 61.6 Å². The Balaban J connectivity index is 0.960. The zero-order valence-corrected chi connectivity index (χ0v) is 59.4. The van der Waals surface area contributed by atoms with Gasteiger partial charge in [-0.2, -0.15) is 0 Å². The number of hydrogen-bond acceptors (Lipinski definition) is 32. The highest BCUT2D eigenvalue weighted by Gasteiger charge is 2.75. The lowest BCUT2D eigenvalue weighted by atomic mass is 9.33. The first-order valence-corrected chi connectivity index (χ1v) is 35.6. The minimum Gasteiger partial charge on any atom is -0.497 e. The predicted molar refractivity (Wildman–Crippen MR) is 348 cm³/mol. The normalized spacial score (nSPS) is 48.6. The summed E-state index contributed by atoms with van der Waals surface area (Å²) < 4.78 is 78.5. The van der Waals surface area contributed by atoms with Gasteiger partial charge in [-0.05, 0) is 130 Å². The van der Waals surface area contributed by atoms with Gasteiger partial charge in [0, 0.05) is 18.4 Å². The number of aliphatic hydroxyl groups is 15. The monoisotopic (exact) mass is 1480 g/mol. The second-order valence-corrected chi connectivity index (χ2v) is 31.7. The molecule has 35 unspecified atom stereocenters. The molecular weight excluding hydrogens is 1380 g/mol. The number of benzene rings is 1. The van der Waals surface area contributed by atoms with Gasteiger partial charge in [0.05, 0.1) is 56.8 Å². The topological polar surface area (TPSA) is 512 Å².